The fourth-order valence-electron chi connectivity index (χ4n) is 1.67. The molecule has 2 heterocycles. The van der Waals surface area contributed by atoms with Crippen molar-refractivity contribution in [2.24, 2.45) is 0 Å². The summed E-state index contributed by atoms with van der Waals surface area (Å²) in [5, 5.41) is 5.67. The topological polar surface area (TPSA) is 37.5 Å². The summed E-state index contributed by atoms with van der Waals surface area (Å²) in [6.45, 7) is 2.06. The summed E-state index contributed by atoms with van der Waals surface area (Å²) in [5.41, 5.74) is 1.10. The van der Waals surface area contributed by atoms with Gasteiger partial charge in [0.2, 0.25) is 0 Å². The molecule has 0 amide bonds. The van der Waals surface area contributed by atoms with Crippen molar-refractivity contribution in [1.82, 2.24) is 4.98 Å². The van der Waals surface area contributed by atoms with E-state index in [1.165, 1.54) is 5.39 Å². The zero-order valence-electron chi connectivity index (χ0n) is 8.47. The summed E-state index contributed by atoms with van der Waals surface area (Å²) in [5.74, 6) is 0. The number of aromatic nitrogens is 1. The third-order valence-corrected chi connectivity index (χ3v) is 2.66. The molecule has 1 aromatic heterocycles. The van der Waals surface area contributed by atoms with Crippen molar-refractivity contribution >= 4 is 16.5 Å². The molecule has 0 radical (unpaired) electrons. The van der Waals surface area contributed by atoms with Crippen molar-refractivity contribution in [2.75, 3.05) is 5.32 Å². The van der Waals surface area contributed by atoms with Crippen LogP contribution >= 0.6 is 0 Å². The van der Waals surface area contributed by atoms with E-state index >= 15 is 0 Å². The van der Waals surface area contributed by atoms with Gasteiger partial charge in [0.05, 0.1) is 0 Å². The third kappa shape index (κ3) is 1.66. The molecule has 76 valence electrons. The quantitative estimate of drug-likeness (QED) is 0.756. The summed E-state index contributed by atoms with van der Waals surface area (Å²) in [7, 11) is 0. The number of fused-ring (bicyclic) bond motifs is 1. The Morgan fingerprint density at radius 1 is 1.27 bits per heavy atom. The van der Waals surface area contributed by atoms with Crippen molar-refractivity contribution in [3.63, 3.8) is 0 Å². The van der Waals surface area contributed by atoms with Gasteiger partial charge in [-0.1, -0.05) is 6.07 Å². The lowest BCUT2D eigenvalue weighted by Crippen LogP contribution is -2.04. The predicted molar refractivity (Wildman–Crippen MR) is 59.7 cm³/mol. The molecule has 0 bridgehead atoms. The van der Waals surface area contributed by atoms with Crippen LogP contribution in [-0.2, 0) is 4.74 Å². The molecule has 1 fully saturated rings. The van der Waals surface area contributed by atoms with Gasteiger partial charge in [-0.15, -0.1) is 0 Å². The van der Waals surface area contributed by atoms with Gasteiger partial charge in [-0.05, 0) is 30.5 Å². The summed E-state index contributed by atoms with van der Waals surface area (Å²) in [6, 6.07) is 8.25. The third-order valence-electron chi connectivity index (χ3n) is 2.66. The number of benzene rings is 1. The summed E-state index contributed by atoms with van der Waals surface area (Å²) < 4.78 is 5.31. The Balaban J connectivity index is 1.92. The van der Waals surface area contributed by atoms with Crippen LogP contribution in [0.4, 0.5) is 5.69 Å². The molecule has 15 heavy (non-hydrogen) atoms. The second-order valence-electron chi connectivity index (χ2n) is 3.84. The molecule has 2 atom stereocenters. The van der Waals surface area contributed by atoms with Gasteiger partial charge in [0.15, 0.2) is 6.23 Å². The summed E-state index contributed by atoms with van der Waals surface area (Å²) >= 11 is 0. The maximum Gasteiger partial charge on any atom is 0.154 e. The molecule has 1 aromatic carbocycles. The number of hydrogen-bond donors (Lipinski definition) is 1. The highest BCUT2D eigenvalue weighted by molar-refractivity contribution is 5.84. The van der Waals surface area contributed by atoms with Gasteiger partial charge in [-0.3, -0.25) is 4.98 Å². The van der Waals surface area contributed by atoms with Crippen molar-refractivity contribution in [1.29, 1.82) is 0 Å². The number of nitrogens with zero attached hydrogens (tertiary/aromatic N) is 1. The second kappa shape index (κ2) is 3.21. The van der Waals surface area contributed by atoms with Gasteiger partial charge >= 0.3 is 0 Å². The highest BCUT2D eigenvalue weighted by atomic mass is 16.6. The number of ether oxygens (including phenoxy) is 1. The second-order valence-corrected chi connectivity index (χ2v) is 3.84. The highest BCUT2D eigenvalue weighted by Gasteiger charge is 2.33. The Morgan fingerprint density at radius 2 is 2.13 bits per heavy atom. The van der Waals surface area contributed by atoms with Gasteiger partial charge < -0.3 is 10.1 Å². The Hall–Kier alpha value is -1.61. The first-order chi connectivity index (χ1) is 7.33. The van der Waals surface area contributed by atoms with Crippen LogP contribution in [-0.4, -0.2) is 17.3 Å². The fourth-order valence-corrected chi connectivity index (χ4v) is 1.67. The van der Waals surface area contributed by atoms with Gasteiger partial charge in [0.1, 0.15) is 6.10 Å². The molecule has 0 spiro atoms. The van der Waals surface area contributed by atoms with Gasteiger partial charge in [-0.2, -0.15) is 0 Å². The molecular weight excluding hydrogens is 188 g/mol. The summed E-state index contributed by atoms with van der Waals surface area (Å²) in [6.07, 6.45) is 4.19. The fraction of sp³-hybridized carbons (Fsp3) is 0.250. The maximum atomic E-state index is 5.31. The van der Waals surface area contributed by atoms with E-state index in [0.29, 0.717) is 6.10 Å². The average molecular weight is 200 g/mol. The van der Waals surface area contributed by atoms with Crippen LogP contribution in [0.5, 0.6) is 0 Å². The smallest absolute Gasteiger partial charge is 0.154 e. The van der Waals surface area contributed by atoms with E-state index in [1.54, 1.807) is 0 Å². The first kappa shape index (κ1) is 8.68. The zero-order valence-corrected chi connectivity index (χ0v) is 8.47. The van der Waals surface area contributed by atoms with Gasteiger partial charge in [0.25, 0.3) is 0 Å². The molecule has 2 unspecified atom stereocenters. The molecule has 0 saturated carbocycles. The molecule has 0 aliphatic carbocycles. The van der Waals surface area contributed by atoms with E-state index in [2.05, 4.69) is 35.4 Å². The Morgan fingerprint density at radius 3 is 2.93 bits per heavy atom. The zero-order chi connectivity index (χ0) is 10.3. The molecule has 3 nitrogen and oxygen atoms in total. The van der Waals surface area contributed by atoms with Crippen LogP contribution in [0.25, 0.3) is 10.8 Å². The number of pyridine rings is 1. The lowest BCUT2D eigenvalue weighted by molar-refractivity contribution is 0.392. The lowest BCUT2D eigenvalue weighted by Gasteiger charge is -2.04. The van der Waals surface area contributed by atoms with E-state index in [1.807, 2.05) is 18.5 Å². The minimum atomic E-state index is 0.185. The number of nitrogens with one attached hydrogen (secondary N) is 1. The maximum absolute atomic E-state index is 5.31. The Kier molecular flexibility index (Phi) is 1.86. The van der Waals surface area contributed by atoms with Crippen molar-refractivity contribution < 1.29 is 4.74 Å². The van der Waals surface area contributed by atoms with Gasteiger partial charge in [0, 0.05) is 23.5 Å². The summed E-state index contributed by atoms with van der Waals surface area (Å²) in [4.78, 5) is 4.08. The van der Waals surface area contributed by atoms with Gasteiger partial charge in [-0.25, -0.2) is 0 Å². The molecule has 1 aliphatic heterocycles. The minimum absolute atomic E-state index is 0.185. The van der Waals surface area contributed by atoms with Crippen LogP contribution in [0.3, 0.4) is 0 Å². The van der Waals surface area contributed by atoms with Crippen molar-refractivity contribution in [3.8, 4) is 0 Å². The Bertz CT molecular complexity index is 498. The van der Waals surface area contributed by atoms with E-state index < -0.39 is 0 Å². The normalized spacial score (nSPS) is 24.1. The molecule has 3 rings (SSSR count). The number of anilines is 1. The number of rotatable bonds is 2. The number of epoxide rings is 1. The number of hydrogen-bond acceptors (Lipinski definition) is 3. The lowest BCUT2D eigenvalue weighted by atomic mass is 10.1. The minimum Gasteiger partial charge on any atom is -0.358 e. The SMILES string of the molecule is CC1OC1Nc1ccc2cnccc2c1. The first-order valence-electron chi connectivity index (χ1n) is 5.09. The molecule has 1 saturated heterocycles. The average Bonchev–Trinajstić information content (AvgIpc) is 2.94. The van der Waals surface area contributed by atoms with Crippen LogP contribution in [0.15, 0.2) is 36.7 Å². The van der Waals surface area contributed by atoms with E-state index in [-0.39, 0.29) is 6.23 Å². The first-order valence-corrected chi connectivity index (χ1v) is 5.09. The highest BCUT2D eigenvalue weighted by Crippen LogP contribution is 2.25. The molecule has 1 aliphatic rings. The van der Waals surface area contributed by atoms with Crippen LogP contribution in [0, 0.1) is 0 Å². The van der Waals surface area contributed by atoms with Crippen LogP contribution in [0.2, 0.25) is 0 Å². The molecule has 1 N–H and O–H groups in total. The standard InChI is InChI=1S/C12H12N2O/c1-8-12(15-8)14-11-3-2-10-7-13-5-4-9(10)6-11/h2-8,12,14H,1H3. The monoisotopic (exact) mass is 200 g/mol. The van der Waals surface area contributed by atoms with Crippen LogP contribution < -0.4 is 5.32 Å². The largest absolute Gasteiger partial charge is 0.358 e. The molecule has 2 aromatic rings. The molecular formula is C12H12N2O. The predicted octanol–water partition coefficient (Wildman–Crippen LogP) is 2.39. The van der Waals surface area contributed by atoms with Crippen molar-refractivity contribution in [2.45, 2.75) is 19.3 Å². The van der Waals surface area contributed by atoms with Crippen LogP contribution in [0.1, 0.15) is 6.92 Å². The van der Waals surface area contributed by atoms with Crippen molar-refractivity contribution in [3.05, 3.63) is 36.7 Å². The van der Waals surface area contributed by atoms with E-state index in [0.717, 1.165) is 11.1 Å². The van der Waals surface area contributed by atoms with E-state index in [9.17, 15) is 0 Å². The Labute approximate surface area is 88.1 Å². The molecule has 3 heteroatoms. The van der Waals surface area contributed by atoms with E-state index in [4.69, 9.17) is 4.74 Å².